The SMILES string of the molecule is COc1cc(CCO)ccc1NC(=O)C1Cc2ccc(Cl)cc21. The Morgan fingerprint density at radius 2 is 2.17 bits per heavy atom. The molecule has 0 spiro atoms. The zero-order valence-corrected chi connectivity index (χ0v) is 13.6. The van der Waals surface area contributed by atoms with Crippen LogP contribution in [0.15, 0.2) is 36.4 Å². The summed E-state index contributed by atoms with van der Waals surface area (Å²) in [6.07, 6.45) is 1.28. The number of rotatable bonds is 5. The Kier molecular flexibility index (Phi) is 4.55. The van der Waals surface area contributed by atoms with Crippen molar-refractivity contribution >= 4 is 23.2 Å². The van der Waals surface area contributed by atoms with Crippen molar-refractivity contribution in [3.8, 4) is 5.75 Å². The van der Waals surface area contributed by atoms with Gasteiger partial charge in [-0.15, -0.1) is 0 Å². The van der Waals surface area contributed by atoms with Gasteiger partial charge in [-0.2, -0.15) is 0 Å². The maximum absolute atomic E-state index is 12.5. The molecule has 0 aliphatic heterocycles. The lowest BCUT2D eigenvalue weighted by Gasteiger charge is -2.29. The lowest BCUT2D eigenvalue weighted by atomic mass is 9.77. The van der Waals surface area contributed by atoms with Crippen LogP contribution in [0.1, 0.15) is 22.6 Å². The molecule has 1 amide bonds. The average molecular weight is 332 g/mol. The van der Waals surface area contributed by atoms with E-state index in [9.17, 15) is 4.79 Å². The van der Waals surface area contributed by atoms with Gasteiger partial charge in [-0.3, -0.25) is 4.79 Å². The first kappa shape index (κ1) is 15.8. The lowest BCUT2D eigenvalue weighted by Crippen LogP contribution is -2.30. The molecule has 2 aromatic rings. The van der Waals surface area contributed by atoms with E-state index >= 15 is 0 Å². The van der Waals surface area contributed by atoms with Crippen LogP contribution in [0.25, 0.3) is 0 Å². The Hall–Kier alpha value is -2.04. The fourth-order valence-corrected chi connectivity index (χ4v) is 3.03. The first-order valence-electron chi connectivity index (χ1n) is 7.49. The van der Waals surface area contributed by atoms with Gasteiger partial charge >= 0.3 is 0 Å². The molecule has 0 radical (unpaired) electrons. The van der Waals surface area contributed by atoms with Gasteiger partial charge in [-0.05, 0) is 53.8 Å². The van der Waals surface area contributed by atoms with Crippen molar-refractivity contribution in [1.29, 1.82) is 0 Å². The second-order valence-electron chi connectivity index (χ2n) is 5.60. The number of nitrogens with one attached hydrogen (secondary N) is 1. The van der Waals surface area contributed by atoms with Crippen LogP contribution in [-0.4, -0.2) is 24.7 Å². The van der Waals surface area contributed by atoms with Gasteiger partial charge in [0.05, 0.1) is 18.7 Å². The van der Waals surface area contributed by atoms with Crippen LogP contribution < -0.4 is 10.1 Å². The molecule has 1 unspecified atom stereocenters. The van der Waals surface area contributed by atoms with E-state index < -0.39 is 0 Å². The largest absolute Gasteiger partial charge is 0.495 e. The highest BCUT2D eigenvalue weighted by Gasteiger charge is 2.32. The van der Waals surface area contributed by atoms with Gasteiger partial charge in [0.25, 0.3) is 0 Å². The van der Waals surface area contributed by atoms with E-state index in [1.54, 1.807) is 13.2 Å². The summed E-state index contributed by atoms with van der Waals surface area (Å²) < 4.78 is 5.34. The van der Waals surface area contributed by atoms with Crippen LogP contribution in [0.5, 0.6) is 5.75 Å². The minimum absolute atomic E-state index is 0.0621. The van der Waals surface area contributed by atoms with Crippen molar-refractivity contribution in [2.75, 3.05) is 19.0 Å². The van der Waals surface area contributed by atoms with Crippen molar-refractivity contribution in [2.45, 2.75) is 18.8 Å². The van der Waals surface area contributed by atoms with E-state index in [2.05, 4.69) is 5.32 Å². The molecule has 4 nitrogen and oxygen atoms in total. The summed E-state index contributed by atoms with van der Waals surface area (Å²) in [7, 11) is 1.56. The molecule has 3 rings (SSSR count). The summed E-state index contributed by atoms with van der Waals surface area (Å²) in [5, 5.41) is 12.6. The standard InChI is InChI=1S/C18H18ClNO3/c1-23-17-8-11(6-7-21)2-5-16(17)20-18(22)15-9-12-3-4-13(19)10-14(12)15/h2-5,8,10,15,21H,6-7,9H2,1H3,(H,20,22). The van der Waals surface area contributed by atoms with E-state index in [1.807, 2.05) is 30.3 Å². The maximum atomic E-state index is 12.5. The molecule has 2 aromatic carbocycles. The Morgan fingerprint density at radius 3 is 2.91 bits per heavy atom. The molecule has 23 heavy (non-hydrogen) atoms. The molecule has 5 heteroatoms. The highest BCUT2D eigenvalue weighted by atomic mass is 35.5. The highest BCUT2D eigenvalue weighted by molar-refractivity contribution is 6.30. The van der Waals surface area contributed by atoms with Crippen molar-refractivity contribution in [3.63, 3.8) is 0 Å². The van der Waals surface area contributed by atoms with Crippen molar-refractivity contribution < 1.29 is 14.6 Å². The topological polar surface area (TPSA) is 58.6 Å². The third-order valence-electron chi connectivity index (χ3n) is 4.15. The minimum Gasteiger partial charge on any atom is -0.495 e. The Balaban J connectivity index is 1.76. The molecule has 1 atom stereocenters. The van der Waals surface area contributed by atoms with Crippen LogP contribution in [0.3, 0.4) is 0 Å². The van der Waals surface area contributed by atoms with Gasteiger partial charge in [0, 0.05) is 11.6 Å². The number of hydrogen-bond donors (Lipinski definition) is 2. The zero-order valence-electron chi connectivity index (χ0n) is 12.8. The summed E-state index contributed by atoms with van der Waals surface area (Å²) >= 11 is 6.00. The quantitative estimate of drug-likeness (QED) is 0.884. The maximum Gasteiger partial charge on any atom is 0.232 e. The summed E-state index contributed by atoms with van der Waals surface area (Å²) in [5.74, 6) is 0.355. The third-order valence-corrected chi connectivity index (χ3v) is 4.38. The number of carbonyl (C=O) groups is 1. The third kappa shape index (κ3) is 3.19. The second-order valence-corrected chi connectivity index (χ2v) is 6.03. The van der Waals surface area contributed by atoms with Gasteiger partial charge in [-0.1, -0.05) is 23.7 Å². The lowest BCUT2D eigenvalue weighted by molar-refractivity contribution is -0.118. The number of carbonyl (C=O) groups excluding carboxylic acids is 1. The number of halogens is 1. The predicted octanol–water partition coefficient (Wildman–Crippen LogP) is 3.16. The molecule has 0 fully saturated rings. The summed E-state index contributed by atoms with van der Waals surface area (Å²) in [4.78, 5) is 12.5. The molecule has 0 saturated heterocycles. The number of aliphatic hydroxyl groups is 1. The normalized spacial score (nSPS) is 15.5. The molecular formula is C18H18ClNO3. The number of anilines is 1. The van der Waals surface area contributed by atoms with Gasteiger partial charge < -0.3 is 15.2 Å². The predicted molar refractivity (Wildman–Crippen MR) is 90.3 cm³/mol. The average Bonchev–Trinajstić information content (AvgIpc) is 2.52. The molecule has 2 N–H and O–H groups in total. The van der Waals surface area contributed by atoms with Crippen LogP contribution >= 0.6 is 11.6 Å². The molecule has 0 saturated carbocycles. The monoisotopic (exact) mass is 331 g/mol. The Morgan fingerprint density at radius 1 is 1.35 bits per heavy atom. The minimum atomic E-state index is -0.175. The Bertz CT molecular complexity index is 745. The van der Waals surface area contributed by atoms with Gasteiger partial charge in [-0.25, -0.2) is 0 Å². The fraction of sp³-hybridized carbons (Fsp3) is 0.278. The van der Waals surface area contributed by atoms with E-state index in [-0.39, 0.29) is 18.4 Å². The van der Waals surface area contributed by atoms with Crippen LogP contribution in [0.2, 0.25) is 5.02 Å². The molecule has 1 aliphatic rings. The zero-order chi connectivity index (χ0) is 16.4. The smallest absolute Gasteiger partial charge is 0.232 e. The van der Waals surface area contributed by atoms with Crippen LogP contribution in [-0.2, 0) is 17.6 Å². The van der Waals surface area contributed by atoms with Gasteiger partial charge in [0.15, 0.2) is 0 Å². The molecule has 0 bridgehead atoms. The second kappa shape index (κ2) is 6.60. The Labute approximate surface area is 140 Å². The first-order chi connectivity index (χ1) is 11.1. The van der Waals surface area contributed by atoms with E-state index in [0.717, 1.165) is 17.5 Å². The molecule has 0 heterocycles. The van der Waals surface area contributed by atoms with Crippen LogP contribution in [0, 0.1) is 0 Å². The first-order valence-corrected chi connectivity index (χ1v) is 7.87. The molecular weight excluding hydrogens is 314 g/mol. The summed E-state index contributed by atoms with van der Waals surface area (Å²) in [5.41, 5.74) is 3.75. The van der Waals surface area contributed by atoms with E-state index in [0.29, 0.717) is 22.9 Å². The number of methoxy groups -OCH3 is 1. The molecule has 1 aliphatic carbocycles. The number of hydrogen-bond acceptors (Lipinski definition) is 3. The summed E-state index contributed by atoms with van der Waals surface area (Å²) in [6, 6.07) is 11.2. The number of ether oxygens (including phenoxy) is 1. The van der Waals surface area contributed by atoms with Crippen molar-refractivity contribution in [3.05, 3.63) is 58.1 Å². The van der Waals surface area contributed by atoms with E-state index in [1.165, 1.54) is 5.56 Å². The number of amides is 1. The number of aliphatic hydroxyl groups excluding tert-OH is 1. The van der Waals surface area contributed by atoms with Gasteiger partial charge in [0.2, 0.25) is 5.91 Å². The highest BCUT2D eigenvalue weighted by Crippen LogP contribution is 2.38. The number of benzene rings is 2. The van der Waals surface area contributed by atoms with Crippen molar-refractivity contribution in [2.24, 2.45) is 0 Å². The fourth-order valence-electron chi connectivity index (χ4n) is 2.85. The number of fused-ring (bicyclic) bond motifs is 1. The van der Waals surface area contributed by atoms with Crippen molar-refractivity contribution in [1.82, 2.24) is 0 Å². The molecule has 120 valence electrons. The molecule has 0 aromatic heterocycles. The van der Waals surface area contributed by atoms with Gasteiger partial charge in [0.1, 0.15) is 5.75 Å². The van der Waals surface area contributed by atoms with E-state index in [4.69, 9.17) is 21.4 Å². The van der Waals surface area contributed by atoms with Crippen LogP contribution in [0.4, 0.5) is 5.69 Å². The summed E-state index contributed by atoms with van der Waals surface area (Å²) in [6.45, 7) is 0.0779.